The van der Waals surface area contributed by atoms with E-state index in [1.165, 1.54) is 4.68 Å². The van der Waals surface area contributed by atoms with E-state index >= 15 is 0 Å². The molecule has 2 rings (SSSR count). The maximum absolute atomic E-state index is 11.9. The first-order chi connectivity index (χ1) is 7.81. The highest BCUT2D eigenvalue weighted by atomic mass is 32.1. The molecule has 0 bridgehead atoms. The van der Waals surface area contributed by atoms with Crippen molar-refractivity contribution in [2.75, 3.05) is 26.3 Å². The van der Waals surface area contributed by atoms with Gasteiger partial charge in [-0.05, 0) is 10.4 Å². The van der Waals surface area contributed by atoms with E-state index in [0.29, 0.717) is 37.9 Å². The van der Waals surface area contributed by atoms with E-state index in [1.54, 1.807) is 4.90 Å². The van der Waals surface area contributed by atoms with Crippen LogP contribution >= 0.6 is 12.6 Å². The normalized spacial score (nSPS) is 16.4. The van der Waals surface area contributed by atoms with Crippen LogP contribution in [0.1, 0.15) is 5.82 Å². The quantitative estimate of drug-likeness (QED) is 0.687. The summed E-state index contributed by atoms with van der Waals surface area (Å²) in [6.45, 7) is 2.64. The van der Waals surface area contributed by atoms with Crippen molar-refractivity contribution in [3.8, 4) is 0 Å². The van der Waals surface area contributed by atoms with Gasteiger partial charge < -0.3 is 9.64 Å². The fraction of sp³-hybridized carbons (Fsp3) is 0.750. The first kappa shape index (κ1) is 11.3. The number of aromatic nitrogens is 4. The highest BCUT2D eigenvalue weighted by Crippen LogP contribution is 2.01. The summed E-state index contributed by atoms with van der Waals surface area (Å²) < 4.78 is 6.65. The monoisotopic (exact) mass is 243 g/mol. The van der Waals surface area contributed by atoms with E-state index < -0.39 is 0 Å². The SMILES string of the molecule is O=C(Cn1nnnc1CS)N1CCOCC1. The molecule has 7 nitrogen and oxygen atoms in total. The summed E-state index contributed by atoms with van der Waals surface area (Å²) in [5, 5.41) is 11.0. The van der Waals surface area contributed by atoms with Gasteiger partial charge in [-0.25, -0.2) is 4.68 Å². The average Bonchev–Trinajstić information content (AvgIpc) is 2.77. The molecular formula is C8H13N5O2S. The minimum Gasteiger partial charge on any atom is -0.378 e. The van der Waals surface area contributed by atoms with Crippen molar-refractivity contribution in [2.45, 2.75) is 12.3 Å². The minimum absolute atomic E-state index is 0.0126. The second kappa shape index (κ2) is 5.26. The molecule has 0 spiro atoms. The molecule has 1 fully saturated rings. The average molecular weight is 243 g/mol. The maximum atomic E-state index is 11.9. The number of nitrogens with zero attached hydrogens (tertiary/aromatic N) is 5. The Labute approximate surface area is 98.2 Å². The molecule has 1 aliphatic heterocycles. The van der Waals surface area contributed by atoms with E-state index in [0.717, 1.165) is 0 Å². The molecular weight excluding hydrogens is 230 g/mol. The second-order valence-electron chi connectivity index (χ2n) is 3.40. The predicted octanol–water partition coefficient (Wildman–Crippen LogP) is -1.04. The molecule has 16 heavy (non-hydrogen) atoms. The molecule has 1 saturated heterocycles. The minimum atomic E-state index is 0.0126. The van der Waals surface area contributed by atoms with Gasteiger partial charge in [0.1, 0.15) is 6.54 Å². The van der Waals surface area contributed by atoms with Gasteiger partial charge in [-0.1, -0.05) is 0 Å². The zero-order valence-corrected chi connectivity index (χ0v) is 9.64. The summed E-state index contributed by atoms with van der Waals surface area (Å²) in [5.41, 5.74) is 0. The second-order valence-corrected chi connectivity index (χ2v) is 3.72. The van der Waals surface area contributed by atoms with Gasteiger partial charge in [-0.15, -0.1) is 5.10 Å². The van der Waals surface area contributed by atoms with Crippen LogP contribution in [0.3, 0.4) is 0 Å². The van der Waals surface area contributed by atoms with Gasteiger partial charge in [0, 0.05) is 13.1 Å². The Kier molecular flexibility index (Phi) is 3.73. The first-order valence-electron chi connectivity index (χ1n) is 5.02. The number of rotatable bonds is 3. The fourth-order valence-corrected chi connectivity index (χ4v) is 1.73. The Bertz CT molecular complexity index is 363. The molecule has 1 aliphatic rings. The van der Waals surface area contributed by atoms with Gasteiger partial charge >= 0.3 is 0 Å². The summed E-state index contributed by atoms with van der Waals surface area (Å²) in [6.07, 6.45) is 0. The zero-order chi connectivity index (χ0) is 11.4. The van der Waals surface area contributed by atoms with Crippen LogP contribution in [0.25, 0.3) is 0 Å². The third-order valence-electron chi connectivity index (χ3n) is 2.40. The lowest BCUT2D eigenvalue weighted by atomic mass is 10.4. The predicted molar refractivity (Wildman–Crippen MR) is 57.9 cm³/mol. The van der Waals surface area contributed by atoms with Crippen LogP contribution in [-0.2, 0) is 21.8 Å². The van der Waals surface area contributed by atoms with Crippen LogP contribution in [-0.4, -0.2) is 57.3 Å². The van der Waals surface area contributed by atoms with Crippen molar-refractivity contribution in [1.82, 2.24) is 25.1 Å². The molecule has 1 aromatic rings. The molecule has 0 N–H and O–H groups in total. The van der Waals surface area contributed by atoms with E-state index in [2.05, 4.69) is 28.2 Å². The molecule has 88 valence electrons. The van der Waals surface area contributed by atoms with Crippen molar-refractivity contribution < 1.29 is 9.53 Å². The fourth-order valence-electron chi connectivity index (χ4n) is 1.50. The molecule has 1 aromatic heterocycles. The lowest BCUT2D eigenvalue weighted by molar-refractivity contribution is -0.136. The van der Waals surface area contributed by atoms with Crippen molar-refractivity contribution >= 4 is 18.5 Å². The Hall–Kier alpha value is -1.15. The topological polar surface area (TPSA) is 73.1 Å². The van der Waals surface area contributed by atoms with Crippen LogP contribution in [0.15, 0.2) is 0 Å². The highest BCUT2D eigenvalue weighted by molar-refractivity contribution is 7.79. The summed E-state index contributed by atoms with van der Waals surface area (Å²) >= 11 is 4.09. The van der Waals surface area contributed by atoms with Gasteiger partial charge in [-0.3, -0.25) is 4.79 Å². The molecule has 8 heteroatoms. The van der Waals surface area contributed by atoms with E-state index in [-0.39, 0.29) is 12.5 Å². The molecule has 1 amide bonds. The number of thiol groups is 1. The molecule has 0 aromatic carbocycles. The molecule has 0 saturated carbocycles. The zero-order valence-electron chi connectivity index (χ0n) is 8.74. The van der Waals surface area contributed by atoms with Crippen LogP contribution < -0.4 is 0 Å². The Morgan fingerprint density at radius 1 is 1.44 bits per heavy atom. The molecule has 0 unspecified atom stereocenters. The summed E-state index contributed by atoms with van der Waals surface area (Å²) in [7, 11) is 0. The van der Waals surface area contributed by atoms with Crippen molar-refractivity contribution in [3.05, 3.63) is 5.82 Å². The van der Waals surface area contributed by atoms with Crippen molar-refractivity contribution in [2.24, 2.45) is 0 Å². The number of carbonyl (C=O) groups is 1. The number of tetrazole rings is 1. The van der Waals surface area contributed by atoms with E-state index in [4.69, 9.17) is 4.74 Å². The van der Waals surface area contributed by atoms with E-state index in [9.17, 15) is 4.79 Å². The Morgan fingerprint density at radius 2 is 2.19 bits per heavy atom. The maximum Gasteiger partial charge on any atom is 0.244 e. The van der Waals surface area contributed by atoms with Crippen molar-refractivity contribution in [1.29, 1.82) is 0 Å². The van der Waals surface area contributed by atoms with Gasteiger partial charge in [0.15, 0.2) is 5.82 Å². The van der Waals surface area contributed by atoms with Gasteiger partial charge in [0.05, 0.1) is 19.0 Å². The number of ether oxygens (including phenoxy) is 1. The number of amides is 1. The third-order valence-corrected chi connectivity index (χ3v) is 2.68. The van der Waals surface area contributed by atoms with E-state index in [1.807, 2.05) is 0 Å². The smallest absolute Gasteiger partial charge is 0.244 e. The van der Waals surface area contributed by atoms with Crippen LogP contribution in [0.2, 0.25) is 0 Å². The van der Waals surface area contributed by atoms with Crippen LogP contribution in [0.5, 0.6) is 0 Å². The van der Waals surface area contributed by atoms with Crippen LogP contribution in [0, 0.1) is 0 Å². The number of hydrogen-bond donors (Lipinski definition) is 1. The number of carbonyl (C=O) groups excluding carboxylic acids is 1. The largest absolute Gasteiger partial charge is 0.378 e. The highest BCUT2D eigenvalue weighted by Gasteiger charge is 2.18. The third kappa shape index (κ3) is 2.50. The lowest BCUT2D eigenvalue weighted by Crippen LogP contribution is -2.42. The number of hydrogen-bond acceptors (Lipinski definition) is 6. The summed E-state index contributed by atoms with van der Waals surface area (Å²) in [4.78, 5) is 13.6. The first-order valence-corrected chi connectivity index (χ1v) is 5.66. The van der Waals surface area contributed by atoms with Crippen molar-refractivity contribution in [3.63, 3.8) is 0 Å². The summed E-state index contributed by atoms with van der Waals surface area (Å²) in [6, 6.07) is 0. The Balaban J connectivity index is 1.95. The van der Waals surface area contributed by atoms with Gasteiger partial charge in [0.25, 0.3) is 0 Å². The number of morpholine rings is 1. The van der Waals surface area contributed by atoms with Gasteiger partial charge in [0.2, 0.25) is 5.91 Å². The van der Waals surface area contributed by atoms with Crippen LogP contribution in [0.4, 0.5) is 0 Å². The Morgan fingerprint density at radius 3 is 2.88 bits per heavy atom. The molecule has 0 radical (unpaired) electrons. The van der Waals surface area contributed by atoms with Gasteiger partial charge in [-0.2, -0.15) is 12.6 Å². The molecule has 0 aliphatic carbocycles. The summed E-state index contributed by atoms with van der Waals surface area (Å²) in [5.74, 6) is 1.03. The molecule has 0 atom stereocenters. The standard InChI is InChI=1S/C8H13N5O2S/c14-8(12-1-3-15-4-2-12)5-13-7(6-16)9-10-11-13/h16H,1-6H2. The lowest BCUT2D eigenvalue weighted by Gasteiger charge is -2.26. The molecule has 2 heterocycles.